The van der Waals surface area contributed by atoms with Crippen LogP contribution in [0, 0.1) is 0 Å². The monoisotopic (exact) mass is 350 g/mol. The molecule has 0 spiro atoms. The van der Waals surface area contributed by atoms with Crippen molar-refractivity contribution >= 4 is 39.1 Å². The number of nitrogens with two attached hydrogens (primary N) is 1. The van der Waals surface area contributed by atoms with E-state index in [-0.39, 0.29) is 5.91 Å². The molecule has 3 rings (SSSR count). The first-order valence-corrected chi connectivity index (χ1v) is 7.34. The standard InChI is InChI=1S/C15H12BrClN2O/c16-10-3-6-13-12(7-10)14(18)15(20)19(13)8-9-1-4-11(17)5-2-9/h1-7,14H,8,18H2/t14-/m1/s1. The van der Waals surface area contributed by atoms with Gasteiger partial charge in [-0.1, -0.05) is 39.7 Å². The van der Waals surface area contributed by atoms with E-state index in [1.54, 1.807) is 4.90 Å². The van der Waals surface area contributed by atoms with Crippen molar-refractivity contribution in [3.05, 3.63) is 63.1 Å². The Morgan fingerprint density at radius 1 is 1.20 bits per heavy atom. The quantitative estimate of drug-likeness (QED) is 0.897. The second-order valence-corrected chi connectivity index (χ2v) is 6.08. The minimum atomic E-state index is -0.588. The molecule has 3 nitrogen and oxygen atoms in total. The maximum absolute atomic E-state index is 12.3. The summed E-state index contributed by atoms with van der Waals surface area (Å²) in [4.78, 5) is 14.0. The Morgan fingerprint density at radius 2 is 1.90 bits per heavy atom. The average molecular weight is 352 g/mol. The van der Waals surface area contributed by atoms with Crippen molar-refractivity contribution in [2.45, 2.75) is 12.6 Å². The number of hydrogen-bond donors (Lipinski definition) is 1. The van der Waals surface area contributed by atoms with Gasteiger partial charge in [0.2, 0.25) is 5.91 Å². The lowest BCUT2D eigenvalue weighted by Gasteiger charge is -2.17. The Hall–Kier alpha value is -1.36. The van der Waals surface area contributed by atoms with Gasteiger partial charge in [0.05, 0.1) is 6.54 Å². The van der Waals surface area contributed by atoms with E-state index >= 15 is 0 Å². The Labute approximate surface area is 130 Å². The van der Waals surface area contributed by atoms with Gasteiger partial charge in [0.15, 0.2) is 0 Å². The Kier molecular flexibility index (Phi) is 3.54. The molecular weight excluding hydrogens is 340 g/mol. The molecule has 1 aliphatic heterocycles. The zero-order valence-electron chi connectivity index (χ0n) is 10.5. The molecule has 0 aliphatic carbocycles. The normalized spacial score (nSPS) is 17.4. The van der Waals surface area contributed by atoms with Crippen LogP contribution in [0.5, 0.6) is 0 Å². The van der Waals surface area contributed by atoms with Gasteiger partial charge in [0.1, 0.15) is 6.04 Å². The van der Waals surface area contributed by atoms with Gasteiger partial charge in [0, 0.05) is 20.7 Å². The molecule has 0 unspecified atom stereocenters. The molecule has 5 heteroatoms. The molecule has 0 radical (unpaired) electrons. The molecule has 2 aromatic rings. The molecule has 1 aliphatic rings. The average Bonchev–Trinajstić information content (AvgIpc) is 2.66. The van der Waals surface area contributed by atoms with Crippen molar-refractivity contribution in [2.24, 2.45) is 5.73 Å². The van der Waals surface area contributed by atoms with Crippen molar-refractivity contribution in [2.75, 3.05) is 4.90 Å². The Balaban J connectivity index is 1.95. The number of rotatable bonds is 2. The van der Waals surface area contributed by atoms with Gasteiger partial charge in [0.25, 0.3) is 0 Å². The molecule has 0 fully saturated rings. The Morgan fingerprint density at radius 3 is 2.60 bits per heavy atom. The molecule has 1 atom stereocenters. The Bertz CT molecular complexity index is 672. The molecule has 0 saturated heterocycles. The lowest BCUT2D eigenvalue weighted by Crippen LogP contribution is -2.31. The maximum atomic E-state index is 12.3. The summed E-state index contributed by atoms with van der Waals surface area (Å²) < 4.78 is 0.924. The van der Waals surface area contributed by atoms with Crippen LogP contribution >= 0.6 is 27.5 Å². The number of carbonyl (C=O) groups is 1. The predicted molar refractivity (Wildman–Crippen MR) is 83.7 cm³/mol. The highest BCUT2D eigenvalue weighted by atomic mass is 79.9. The van der Waals surface area contributed by atoms with Gasteiger partial charge in [-0.3, -0.25) is 4.79 Å². The summed E-state index contributed by atoms with van der Waals surface area (Å²) in [7, 11) is 0. The summed E-state index contributed by atoms with van der Waals surface area (Å²) in [6.45, 7) is 0.498. The number of hydrogen-bond acceptors (Lipinski definition) is 2. The van der Waals surface area contributed by atoms with Crippen molar-refractivity contribution in [3.63, 3.8) is 0 Å². The highest BCUT2D eigenvalue weighted by Gasteiger charge is 2.34. The third-order valence-corrected chi connectivity index (χ3v) is 4.15. The summed E-state index contributed by atoms with van der Waals surface area (Å²) in [5, 5.41) is 0.683. The van der Waals surface area contributed by atoms with Gasteiger partial charge in [-0.15, -0.1) is 0 Å². The molecular formula is C15H12BrClN2O. The lowest BCUT2D eigenvalue weighted by atomic mass is 10.1. The number of amides is 1. The first kappa shape index (κ1) is 13.6. The number of nitrogens with zero attached hydrogens (tertiary/aromatic N) is 1. The number of carbonyl (C=O) groups excluding carboxylic acids is 1. The van der Waals surface area contributed by atoms with E-state index in [1.807, 2.05) is 42.5 Å². The molecule has 1 amide bonds. The van der Waals surface area contributed by atoms with E-state index in [0.29, 0.717) is 11.6 Å². The summed E-state index contributed by atoms with van der Waals surface area (Å²) in [5.74, 6) is -0.0759. The molecule has 1 heterocycles. The van der Waals surface area contributed by atoms with Crippen LogP contribution in [-0.2, 0) is 11.3 Å². The van der Waals surface area contributed by atoms with Crippen LogP contribution in [0.1, 0.15) is 17.2 Å². The lowest BCUT2D eigenvalue weighted by molar-refractivity contribution is -0.119. The van der Waals surface area contributed by atoms with Crippen LogP contribution in [0.25, 0.3) is 0 Å². The number of halogens is 2. The van der Waals surface area contributed by atoms with E-state index < -0.39 is 6.04 Å². The smallest absolute Gasteiger partial charge is 0.248 e. The summed E-state index contributed by atoms with van der Waals surface area (Å²) in [6.07, 6.45) is 0. The third-order valence-electron chi connectivity index (χ3n) is 3.40. The fraction of sp³-hybridized carbons (Fsp3) is 0.133. The van der Waals surface area contributed by atoms with Crippen molar-refractivity contribution in [1.82, 2.24) is 0 Å². The fourth-order valence-electron chi connectivity index (χ4n) is 2.38. The first-order chi connectivity index (χ1) is 9.56. The van der Waals surface area contributed by atoms with Crippen molar-refractivity contribution in [1.29, 1.82) is 0 Å². The van der Waals surface area contributed by atoms with E-state index in [9.17, 15) is 4.79 Å². The van der Waals surface area contributed by atoms with Crippen molar-refractivity contribution < 1.29 is 4.79 Å². The van der Waals surface area contributed by atoms with Crippen LogP contribution < -0.4 is 10.6 Å². The second kappa shape index (κ2) is 5.20. The van der Waals surface area contributed by atoms with Gasteiger partial charge in [-0.05, 0) is 35.9 Å². The van der Waals surface area contributed by atoms with Crippen LogP contribution in [0.3, 0.4) is 0 Å². The van der Waals surface area contributed by atoms with E-state index in [0.717, 1.165) is 21.3 Å². The largest absolute Gasteiger partial charge is 0.316 e. The molecule has 2 aromatic carbocycles. The summed E-state index contributed by atoms with van der Waals surface area (Å²) in [5.41, 5.74) is 8.75. The van der Waals surface area contributed by atoms with Gasteiger partial charge >= 0.3 is 0 Å². The third kappa shape index (κ3) is 2.35. The van der Waals surface area contributed by atoms with Crippen LogP contribution in [0.4, 0.5) is 5.69 Å². The highest BCUT2D eigenvalue weighted by molar-refractivity contribution is 9.10. The molecule has 20 heavy (non-hydrogen) atoms. The van der Waals surface area contributed by atoms with Gasteiger partial charge < -0.3 is 10.6 Å². The van der Waals surface area contributed by atoms with Crippen LogP contribution in [0.2, 0.25) is 5.02 Å². The van der Waals surface area contributed by atoms with E-state index in [1.165, 1.54) is 0 Å². The zero-order valence-corrected chi connectivity index (χ0v) is 12.9. The van der Waals surface area contributed by atoms with Gasteiger partial charge in [-0.25, -0.2) is 0 Å². The number of anilines is 1. The molecule has 0 saturated carbocycles. The predicted octanol–water partition coefficient (Wildman–Crippen LogP) is 3.65. The first-order valence-electron chi connectivity index (χ1n) is 6.17. The zero-order chi connectivity index (χ0) is 14.3. The minimum Gasteiger partial charge on any atom is -0.316 e. The van der Waals surface area contributed by atoms with Gasteiger partial charge in [-0.2, -0.15) is 0 Å². The number of fused-ring (bicyclic) bond motifs is 1. The van der Waals surface area contributed by atoms with Crippen LogP contribution in [0.15, 0.2) is 46.9 Å². The molecule has 0 bridgehead atoms. The fourth-order valence-corrected chi connectivity index (χ4v) is 2.88. The van der Waals surface area contributed by atoms with E-state index in [4.69, 9.17) is 17.3 Å². The highest BCUT2D eigenvalue weighted by Crippen LogP contribution is 2.37. The minimum absolute atomic E-state index is 0.0759. The number of benzene rings is 2. The maximum Gasteiger partial charge on any atom is 0.248 e. The molecule has 102 valence electrons. The summed E-state index contributed by atoms with van der Waals surface area (Å²) in [6, 6.07) is 12.6. The van der Waals surface area contributed by atoms with Crippen LogP contribution in [-0.4, -0.2) is 5.91 Å². The topological polar surface area (TPSA) is 46.3 Å². The molecule has 0 aromatic heterocycles. The SMILES string of the molecule is N[C@H]1C(=O)N(Cc2ccc(Cl)cc2)c2ccc(Br)cc21. The molecule has 2 N–H and O–H groups in total. The van der Waals surface area contributed by atoms with Crippen molar-refractivity contribution in [3.8, 4) is 0 Å². The van der Waals surface area contributed by atoms with E-state index in [2.05, 4.69) is 15.9 Å². The second-order valence-electron chi connectivity index (χ2n) is 4.73. The summed E-state index contributed by atoms with van der Waals surface area (Å²) >= 11 is 9.28.